The highest BCUT2D eigenvalue weighted by Gasteiger charge is 2.38. The average molecular weight is 489 g/mol. The highest BCUT2D eigenvalue weighted by atomic mass is 16.9. The first-order valence-electron chi connectivity index (χ1n) is 12.2. The number of amides is 3. The summed E-state index contributed by atoms with van der Waals surface area (Å²) in [7, 11) is 0. The van der Waals surface area contributed by atoms with Gasteiger partial charge in [-0.1, -0.05) is 61.4 Å². The Hall–Kier alpha value is -3.18. The number of ketones is 1. The van der Waals surface area contributed by atoms with E-state index in [0.29, 0.717) is 31.6 Å². The summed E-state index contributed by atoms with van der Waals surface area (Å²) < 4.78 is 0. The van der Waals surface area contributed by atoms with Gasteiger partial charge < -0.3 is 20.7 Å². The summed E-state index contributed by atoms with van der Waals surface area (Å²) in [6.45, 7) is 8.43. The molecule has 3 atom stereocenters. The van der Waals surface area contributed by atoms with E-state index in [9.17, 15) is 19.6 Å². The van der Waals surface area contributed by atoms with E-state index in [1.165, 1.54) is 4.90 Å². The van der Waals surface area contributed by atoms with E-state index in [1.807, 2.05) is 45.9 Å². The molecule has 3 rings (SSSR count). The van der Waals surface area contributed by atoms with Crippen molar-refractivity contribution >= 4 is 29.3 Å². The van der Waals surface area contributed by atoms with Gasteiger partial charge in [-0.05, 0) is 49.7 Å². The quantitative estimate of drug-likeness (QED) is 0.454. The van der Waals surface area contributed by atoms with Crippen LogP contribution in [0.5, 0.6) is 0 Å². The summed E-state index contributed by atoms with van der Waals surface area (Å²) in [6.07, 6.45) is 2.45. The summed E-state index contributed by atoms with van der Waals surface area (Å²) in [5.41, 5.74) is 0.656. The minimum absolute atomic E-state index is 0.0762. The molecular formula is C24H36N6O5. The number of nitrogens with one attached hydrogen (secondary N) is 3. The Morgan fingerprint density at radius 3 is 2.51 bits per heavy atom. The van der Waals surface area contributed by atoms with Crippen LogP contribution < -0.4 is 16.0 Å². The minimum Gasteiger partial charge on any atom is -0.563 e. The molecule has 3 amide bonds. The molecule has 0 aromatic heterocycles. The maximum absolute atomic E-state index is 13.3. The standard InChI is InChI=1S/C24H36N6O5/c1-16(2)14-19(21(31)23-27-29(15-17(3)4)30(34)35-23)26-24(33)28-13-9-8-12-20(28)22(32)25-18-10-6-5-7-11-18/h5-7,10-11,16-17,19-20,30H,8-9,12-15H2,1-4H3,(H,25,32)(H,26,33)/t19-,20-/m0/s1. The van der Waals surface area contributed by atoms with Crippen LogP contribution in [0.3, 0.4) is 0 Å². The van der Waals surface area contributed by atoms with Crippen LogP contribution in [0.4, 0.5) is 10.5 Å². The predicted octanol–water partition coefficient (Wildman–Crippen LogP) is 1.69. The van der Waals surface area contributed by atoms with Crippen LogP contribution in [-0.4, -0.2) is 58.8 Å². The van der Waals surface area contributed by atoms with Gasteiger partial charge in [0.15, 0.2) is 0 Å². The van der Waals surface area contributed by atoms with Gasteiger partial charge in [0.2, 0.25) is 11.7 Å². The summed E-state index contributed by atoms with van der Waals surface area (Å²) in [4.78, 5) is 46.0. The van der Waals surface area contributed by atoms with Gasteiger partial charge >= 0.3 is 11.9 Å². The average Bonchev–Trinajstić information content (AvgIpc) is 3.17. The zero-order chi connectivity index (χ0) is 25.5. The first-order chi connectivity index (χ1) is 16.7. The van der Waals surface area contributed by atoms with Crippen LogP contribution in [-0.2, 0) is 14.4 Å². The second-order valence-corrected chi connectivity index (χ2v) is 9.81. The Labute approximate surface area is 206 Å². The molecule has 1 unspecified atom stereocenters. The van der Waals surface area contributed by atoms with Gasteiger partial charge in [0.1, 0.15) is 6.04 Å². The van der Waals surface area contributed by atoms with E-state index in [4.69, 9.17) is 4.84 Å². The minimum atomic E-state index is -0.937. The van der Waals surface area contributed by atoms with Crippen molar-refractivity contribution in [2.45, 2.75) is 65.5 Å². The molecule has 1 aromatic rings. The number of likely N-dealkylation sites (tertiary alicyclic amines) is 1. The van der Waals surface area contributed by atoms with Crippen molar-refractivity contribution in [3.63, 3.8) is 0 Å². The number of anilines is 1. The number of nitrogens with zero attached hydrogens (tertiary/aromatic N) is 3. The van der Waals surface area contributed by atoms with E-state index in [2.05, 4.69) is 15.7 Å². The molecule has 11 heteroatoms. The van der Waals surface area contributed by atoms with Crippen molar-refractivity contribution in [1.82, 2.24) is 15.3 Å². The Morgan fingerprint density at radius 2 is 1.86 bits per heavy atom. The lowest BCUT2D eigenvalue weighted by molar-refractivity contribution is -1.12. The molecule has 35 heavy (non-hydrogen) atoms. The molecule has 0 saturated carbocycles. The molecule has 0 radical (unpaired) electrons. The lowest BCUT2D eigenvalue weighted by Gasteiger charge is -2.35. The largest absolute Gasteiger partial charge is 0.563 e. The van der Waals surface area contributed by atoms with Gasteiger partial charge in [0.05, 0.1) is 12.6 Å². The Kier molecular flexibility index (Phi) is 9.05. The topological polar surface area (TPSA) is 131 Å². The van der Waals surface area contributed by atoms with Crippen molar-refractivity contribution in [2.24, 2.45) is 16.9 Å². The van der Waals surface area contributed by atoms with Crippen LogP contribution in [0.1, 0.15) is 53.4 Å². The number of Topliss-reactive ketones (excluding diaryl/α,β-unsaturated/α-hetero) is 1. The third kappa shape index (κ3) is 7.15. The van der Waals surface area contributed by atoms with Crippen molar-refractivity contribution < 1.29 is 24.6 Å². The maximum Gasteiger partial charge on any atom is 0.351 e. The molecule has 3 N–H and O–H groups in total. The molecule has 0 spiro atoms. The Bertz CT molecular complexity index is 922. The number of hydrogen-bond acceptors (Lipinski definition) is 7. The Balaban J connectivity index is 1.71. The van der Waals surface area contributed by atoms with E-state index >= 15 is 0 Å². The van der Waals surface area contributed by atoms with Crippen LogP contribution in [0.25, 0.3) is 0 Å². The molecule has 11 nitrogen and oxygen atoms in total. The number of benzene rings is 1. The summed E-state index contributed by atoms with van der Waals surface area (Å²) >= 11 is 0. The molecule has 2 heterocycles. The molecule has 1 saturated heterocycles. The van der Waals surface area contributed by atoms with Gasteiger partial charge in [0, 0.05) is 12.2 Å². The van der Waals surface area contributed by atoms with Crippen molar-refractivity contribution in [2.75, 3.05) is 18.4 Å². The number of quaternary nitrogens is 1. The first kappa shape index (κ1) is 26.4. The number of para-hydroxylation sites is 1. The molecule has 1 aromatic carbocycles. The number of carbonyl (C=O) groups excluding carboxylic acids is 3. The smallest absolute Gasteiger partial charge is 0.351 e. The van der Waals surface area contributed by atoms with Gasteiger partial charge in [-0.2, -0.15) is 0 Å². The zero-order valence-electron chi connectivity index (χ0n) is 20.8. The van der Waals surface area contributed by atoms with Crippen LogP contribution in [0.15, 0.2) is 35.4 Å². The number of urea groups is 1. The number of carbonyl (C=O) groups is 3. The molecule has 2 aliphatic rings. The van der Waals surface area contributed by atoms with Gasteiger partial charge in [-0.15, -0.1) is 0 Å². The lowest BCUT2D eigenvalue weighted by atomic mass is 9.99. The number of rotatable bonds is 9. The van der Waals surface area contributed by atoms with Gasteiger partial charge in [-0.25, -0.2) is 4.79 Å². The normalized spacial score (nSPS) is 20.9. The fourth-order valence-electron chi connectivity index (χ4n) is 4.15. The number of hydrogen-bond donors (Lipinski definition) is 3. The molecular weight excluding hydrogens is 452 g/mol. The fraction of sp³-hybridized carbons (Fsp3) is 0.583. The van der Waals surface area contributed by atoms with Crippen LogP contribution >= 0.6 is 0 Å². The van der Waals surface area contributed by atoms with E-state index in [-0.39, 0.29) is 23.6 Å². The van der Waals surface area contributed by atoms with Crippen LogP contribution in [0, 0.1) is 17.0 Å². The zero-order valence-corrected chi connectivity index (χ0v) is 20.8. The summed E-state index contributed by atoms with van der Waals surface area (Å²) in [5, 5.41) is 22.2. The molecule has 1 fully saturated rings. The van der Waals surface area contributed by atoms with Gasteiger partial charge in [-0.3, -0.25) is 14.4 Å². The summed E-state index contributed by atoms with van der Waals surface area (Å²) in [5.74, 6) is -0.930. The molecule has 192 valence electrons. The maximum atomic E-state index is 13.3. The van der Waals surface area contributed by atoms with Crippen molar-refractivity contribution in [3.8, 4) is 0 Å². The molecule has 0 bridgehead atoms. The van der Waals surface area contributed by atoms with Crippen molar-refractivity contribution in [3.05, 3.63) is 35.5 Å². The second kappa shape index (κ2) is 12.0. The third-order valence-corrected chi connectivity index (χ3v) is 5.78. The highest BCUT2D eigenvalue weighted by Crippen LogP contribution is 2.20. The van der Waals surface area contributed by atoms with E-state index < -0.39 is 29.2 Å². The summed E-state index contributed by atoms with van der Waals surface area (Å²) in [6, 6.07) is 6.99. The molecule has 0 aliphatic carbocycles. The second-order valence-electron chi connectivity index (χ2n) is 9.81. The predicted molar refractivity (Wildman–Crippen MR) is 131 cm³/mol. The highest BCUT2D eigenvalue weighted by molar-refractivity contribution is 6.38. The molecule has 2 aliphatic heterocycles. The fourth-order valence-corrected chi connectivity index (χ4v) is 4.15. The van der Waals surface area contributed by atoms with Crippen LogP contribution in [0.2, 0.25) is 0 Å². The van der Waals surface area contributed by atoms with Crippen molar-refractivity contribution in [1.29, 1.82) is 0 Å². The Morgan fingerprint density at radius 1 is 1.14 bits per heavy atom. The SMILES string of the molecule is CC(C)C[C@H](NC(=O)N1CCCC[C@H]1C(=O)Nc1ccccc1)C(=O)C1=NN(CC(C)C)[NH+]([O-])O1. The third-order valence-electron chi connectivity index (χ3n) is 5.78. The lowest BCUT2D eigenvalue weighted by Crippen LogP contribution is -3.10. The van der Waals surface area contributed by atoms with E-state index in [1.54, 1.807) is 12.1 Å². The van der Waals surface area contributed by atoms with E-state index in [0.717, 1.165) is 18.0 Å². The van der Waals surface area contributed by atoms with Gasteiger partial charge in [0.25, 0.3) is 0 Å². The number of hydrazone groups is 1. The first-order valence-corrected chi connectivity index (χ1v) is 12.2. The number of piperidine rings is 1. The monoisotopic (exact) mass is 488 g/mol.